The molecule has 1 nitrogen and oxygen atoms in total. The number of benzene rings is 1. The smallest absolute Gasteiger partial charge is 0.0991 e. The molecule has 1 rings (SSSR count). The van der Waals surface area contributed by atoms with Crippen molar-refractivity contribution in [1.29, 1.82) is 5.26 Å². The van der Waals surface area contributed by atoms with Crippen LogP contribution in [-0.4, -0.2) is 0 Å². The Morgan fingerprint density at radius 1 is 1.27 bits per heavy atom. The lowest BCUT2D eigenvalue weighted by Gasteiger charge is -2.11. The summed E-state index contributed by atoms with van der Waals surface area (Å²) in [5, 5.41) is 8.74. The molecule has 1 aromatic carbocycles. The molecule has 15 heavy (non-hydrogen) atoms. The minimum Gasteiger partial charge on any atom is -0.192 e. The maximum absolute atomic E-state index is 8.74. The molecule has 0 heterocycles. The fourth-order valence-electron chi connectivity index (χ4n) is 1.54. The van der Waals surface area contributed by atoms with Crippen molar-refractivity contribution >= 4 is 0 Å². The number of aryl methyl sites for hydroxylation is 1. The van der Waals surface area contributed by atoms with E-state index < -0.39 is 0 Å². The van der Waals surface area contributed by atoms with Crippen LogP contribution in [0.5, 0.6) is 0 Å². The summed E-state index contributed by atoms with van der Waals surface area (Å²) in [6, 6.07) is 8.13. The Labute approximate surface area is 93.7 Å². The minimum atomic E-state index is 0.544. The average Bonchev–Trinajstić information content (AvgIpc) is 2.30. The van der Waals surface area contributed by atoms with Crippen LogP contribution in [0.25, 0.3) is 0 Å². The Morgan fingerprint density at radius 2 is 1.87 bits per heavy atom. The van der Waals surface area contributed by atoms with Crippen LogP contribution in [0, 0.1) is 11.3 Å². The van der Waals surface area contributed by atoms with Crippen LogP contribution < -0.4 is 0 Å². The third-order valence-corrected chi connectivity index (χ3v) is 2.27. The van der Waals surface area contributed by atoms with Gasteiger partial charge in [0.1, 0.15) is 0 Å². The largest absolute Gasteiger partial charge is 0.192 e. The fourth-order valence-corrected chi connectivity index (χ4v) is 1.54. The van der Waals surface area contributed by atoms with Crippen molar-refractivity contribution in [3.63, 3.8) is 0 Å². The van der Waals surface area contributed by atoms with Crippen molar-refractivity contribution in [3.8, 4) is 6.07 Å². The predicted molar refractivity (Wildman–Crippen MR) is 66.0 cm³/mol. The van der Waals surface area contributed by atoms with Gasteiger partial charge in [-0.2, -0.15) is 5.26 Å². The van der Waals surface area contributed by atoms with Crippen molar-refractivity contribution in [2.45, 2.75) is 47.0 Å². The Morgan fingerprint density at radius 3 is 2.27 bits per heavy atom. The molecule has 0 saturated heterocycles. The van der Waals surface area contributed by atoms with Crippen LogP contribution in [0.1, 0.15) is 57.2 Å². The van der Waals surface area contributed by atoms with Gasteiger partial charge in [-0.15, -0.1) is 0 Å². The summed E-state index contributed by atoms with van der Waals surface area (Å²) in [5.74, 6) is 0.544. The van der Waals surface area contributed by atoms with Gasteiger partial charge in [0.15, 0.2) is 0 Å². The molecule has 0 saturated carbocycles. The standard InChI is InChI=1S/C12H15N.C2H6/c1-4-11-7-10(8-13)5-6-12(11)9(2)3;1-2/h5-7,9H,4H2,1-3H3;1-2H3. The van der Waals surface area contributed by atoms with E-state index in [0.717, 1.165) is 12.0 Å². The summed E-state index contributed by atoms with van der Waals surface area (Å²) >= 11 is 0. The number of nitriles is 1. The quantitative estimate of drug-likeness (QED) is 0.704. The zero-order valence-electron chi connectivity index (χ0n) is 10.5. The van der Waals surface area contributed by atoms with Crippen LogP contribution in [0.3, 0.4) is 0 Å². The maximum atomic E-state index is 8.74. The molecular weight excluding hydrogens is 182 g/mol. The third-order valence-electron chi connectivity index (χ3n) is 2.27. The second kappa shape index (κ2) is 7.06. The van der Waals surface area contributed by atoms with Crippen molar-refractivity contribution in [2.75, 3.05) is 0 Å². The zero-order chi connectivity index (χ0) is 11.8. The molecule has 82 valence electrons. The number of nitrogens with zero attached hydrogens (tertiary/aromatic N) is 1. The average molecular weight is 203 g/mol. The monoisotopic (exact) mass is 203 g/mol. The summed E-state index contributed by atoms with van der Waals surface area (Å²) < 4.78 is 0. The summed E-state index contributed by atoms with van der Waals surface area (Å²) in [6.45, 7) is 10.5. The lowest BCUT2D eigenvalue weighted by molar-refractivity contribution is 0.844. The van der Waals surface area contributed by atoms with Crippen LogP contribution in [0.4, 0.5) is 0 Å². The number of rotatable bonds is 2. The molecular formula is C14H21N. The van der Waals surface area contributed by atoms with Gasteiger partial charge in [0.05, 0.1) is 11.6 Å². The highest BCUT2D eigenvalue weighted by Crippen LogP contribution is 2.20. The molecule has 1 heteroatoms. The van der Waals surface area contributed by atoms with Gasteiger partial charge in [0.2, 0.25) is 0 Å². The van der Waals surface area contributed by atoms with E-state index in [4.69, 9.17) is 5.26 Å². The van der Waals surface area contributed by atoms with Crippen molar-refractivity contribution in [2.24, 2.45) is 0 Å². The summed E-state index contributed by atoms with van der Waals surface area (Å²) in [7, 11) is 0. The molecule has 0 unspecified atom stereocenters. The molecule has 0 aliphatic rings. The van der Waals surface area contributed by atoms with E-state index in [0.29, 0.717) is 5.92 Å². The molecule has 0 fully saturated rings. The van der Waals surface area contributed by atoms with Crippen LogP contribution in [-0.2, 0) is 6.42 Å². The molecule has 0 N–H and O–H groups in total. The Bertz CT molecular complexity index is 332. The first-order chi connectivity index (χ1) is 7.19. The Hall–Kier alpha value is -1.29. The van der Waals surface area contributed by atoms with Gasteiger partial charge in [-0.05, 0) is 35.6 Å². The summed E-state index contributed by atoms with van der Waals surface area (Å²) in [6.07, 6.45) is 1.00. The zero-order valence-corrected chi connectivity index (χ0v) is 10.5. The SMILES string of the molecule is CC.CCc1cc(C#N)ccc1C(C)C. The summed E-state index contributed by atoms with van der Waals surface area (Å²) in [5.41, 5.74) is 3.43. The third kappa shape index (κ3) is 3.75. The van der Waals surface area contributed by atoms with Gasteiger partial charge in [0.25, 0.3) is 0 Å². The molecule has 0 aliphatic heterocycles. The normalized spacial score (nSPS) is 9.13. The van der Waals surface area contributed by atoms with E-state index in [1.54, 1.807) is 0 Å². The maximum Gasteiger partial charge on any atom is 0.0991 e. The highest BCUT2D eigenvalue weighted by atomic mass is 14.2. The second-order valence-corrected chi connectivity index (χ2v) is 3.53. The highest BCUT2D eigenvalue weighted by molar-refractivity contribution is 5.39. The van der Waals surface area contributed by atoms with Gasteiger partial charge in [0, 0.05) is 0 Å². The van der Waals surface area contributed by atoms with E-state index in [1.807, 2.05) is 26.0 Å². The molecule has 0 atom stereocenters. The molecule has 0 amide bonds. The Kier molecular flexibility index (Phi) is 6.45. The number of hydrogen-bond acceptors (Lipinski definition) is 1. The van der Waals surface area contributed by atoms with Crippen LogP contribution in [0.2, 0.25) is 0 Å². The first kappa shape index (κ1) is 13.7. The molecule has 0 aliphatic carbocycles. The lowest BCUT2D eigenvalue weighted by atomic mass is 9.94. The molecule has 1 aromatic rings. The fraction of sp³-hybridized carbons (Fsp3) is 0.500. The van der Waals surface area contributed by atoms with Gasteiger partial charge in [-0.1, -0.05) is 40.7 Å². The topological polar surface area (TPSA) is 23.8 Å². The number of hydrogen-bond donors (Lipinski definition) is 0. The first-order valence-electron chi connectivity index (χ1n) is 5.72. The highest BCUT2D eigenvalue weighted by Gasteiger charge is 2.05. The van der Waals surface area contributed by atoms with E-state index in [1.165, 1.54) is 11.1 Å². The van der Waals surface area contributed by atoms with Crippen molar-refractivity contribution < 1.29 is 0 Å². The van der Waals surface area contributed by atoms with Gasteiger partial charge < -0.3 is 0 Å². The van der Waals surface area contributed by atoms with Gasteiger partial charge in [-0.25, -0.2) is 0 Å². The second-order valence-electron chi connectivity index (χ2n) is 3.53. The van der Waals surface area contributed by atoms with E-state index in [-0.39, 0.29) is 0 Å². The molecule has 0 radical (unpaired) electrons. The van der Waals surface area contributed by atoms with Gasteiger partial charge in [-0.3, -0.25) is 0 Å². The van der Waals surface area contributed by atoms with Crippen molar-refractivity contribution in [3.05, 3.63) is 34.9 Å². The lowest BCUT2D eigenvalue weighted by Crippen LogP contribution is -1.95. The summed E-state index contributed by atoms with van der Waals surface area (Å²) in [4.78, 5) is 0. The minimum absolute atomic E-state index is 0.544. The van der Waals surface area contributed by atoms with E-state index in [2.05, 4.69) is 32.9 Å². The van der Waals surface area contributed by atoms with E-state index in [9.17, 15) is 0 Å². The Balaban J connectivity index is 0.000000921. The van der Waals surface area contributed by atoms with Crippen molar-refractivity contribution in [1.82, 2.24) is 0 Å². The predicted octanol–water partition coefficient (Wildman–Crippen LogP) is 4.27. The van der Waals surface area contributed by atoms with Crippen LogP contribution in [0.15, 0.2) is 18.2 Å². The van der Waals surface area contributed by atoms with Gasteiger partial charge >= 0.3 is 0 Å². The molecule has 0 bridgehead atoms. The van der Waals surface area contributed by atoms with E-state index >= 15 is 0 Å². The molecule has 0 spiro atoms. The van der Waals surface area contributed by atoms with Crippen LogP contribution >= 0.6 is 0 Å². The molecule has 0 aromatic heterocycles. The first-order valence-corrected chi connectivity index (χ1v) is 5.72.